The van der Waals surface area contributed by atoms with Crippen LogP contribution < -0.4 is 15.1 Å². The molecule has 0 aliphatic carbocycles. The predicted molar refractivity (Wildman–Crippen MR) is 157 cm³/mol. The molecule has 10 nitrogen and oxygen atoms in total. The summed E-state index contributed by atoms with van der Waals surface area (Å²) in [5, 5.41) is 12.7. The molecule has 43 heavy (non-hydrogen) atoms. The summed E-state index contributed by atoms with van der Waals surface area (Å²) in [5.41, 5.74) is 0.287. The quantitative estimate of drug-likeness (QED) is 0.253. The fourth-order valence-corrected chi connectivity index (χ4v) is 5.80. The highest BCUT2D eigenvalue weighted by Crippen LogP contribution is 2.31. The van der Waals surface area contributed by atoms with Crippen molar-refractivity contribution in [3.05, 3.63) is 90.1 Å². The molecule has 0 saturated carbocycles. The fourth-order valence-electron chi connectivity index (χ4n) is 4.52. The standard InChI is InChI=1S/C29H28F3N7O3S/c30-29(31,32)22-11-9-21(10-12-22)25-35-27(34-23(26(40)41)19-43(42)18-20-6-2-1-3-7-20)37-28(36-25)39-16-14-38(15-17-39)24-8-4-5-13-33-24/h1-13,23H,14-19H2,(H,40,41)(H,34,35,36,37)/t23-,43?/m0/s1. The first-order valence-corrected chi connectivity index (χ1v) is 14.9. The van der Waals surface area contributed by atoms with E-state index in [2.05, 4.69) is 30.2 Å². The van der Waals surface area contributed by atoms with Crippen LogP contribution in [0.3, 0.4) is 0 Å². The highest BCUT2D eigenvalue weighted by molar-refractivity contribution is 7.90. The lowest BCUT2D eigenvalue weighted by atomic mass is 10.1. The number of nitrogens with zero attached hydrogens (tertiary/aromatic N) is 6. The van der Waals surface area contributed by atoms with Crippen molar-refractivity contribution in [2.45, 2.75) is 18.0 Å². The Morgan fingerprint density at radius 2 is 1.60 bits per heavy atom. The second-order valence-corrected chi connectivity index (χ2v) is 11.3. The summed E-state index contributed by atoms with van der Waals surface area (Å²) in [6.07, 6.45) is -2.79. The van der Waals surface area contributed by atoms with E-state index >= 15 is 0 Å². The minimum Gasteiger partial charge on any atom is -0.616 e. The number of nitrogens with one attached hydrogen (secondary N) is 1. The third-order valence-electron chi connectivity index (χ3n) is 6.75. The van der Waals surface area contributed by atoms with Crippen molar-refractivity contribution < 1.29 is 27.6 Å². The third-order valence-corrected chi connectivity index (χ3v) is 8.11. The number of hydrogen-bond donors (Lipinski definition) is 2. The summed E-state index contributed by atoms with van der Waals surface area (Å²) in [6, 6.07) is 17.8. The third kappa shape index (κ3) is 7.90. The number of carbonyl (C=O) groups is 1. The van der Waals surface area contributed by atoms with Crippen LogP contribution >= 0.6 is 0 Å². The van der Waals surface area contributed by atoms with Crippen LogP contribution in [0.25, 0.3) is 11.4 Å². The minimum absolute atomic E-state index is 0.0722. The normalized spacial score (nSPS) is 15.2. The van der Waals surface area contributed by atoms with Gasteiger partial charge in [-0.2, -0.15) is 28.1 Å². The van der Waals surface area contributed by atoms with Crippen LogP contribution in [0.4, 0.5) is 30.9 Å². The number of halogens is 3. The molecule has 1 unspecified atom stereocenters. The van der Waals surface area contributed by atoms with E-state index in [1.807, 2.05) is 53.4 Å². The van der Waals surface area contributed by atoms with Crippen molar-refractivity contribution >= 4 is 34.9 Å². The Morgan fingerprint density at radius 3 is 2.23 bits per heavy atom. The molecule has 14 heteroatoms. The molecular weight excluding hydrogens is 583 g/mol. The number of anilines is 3. The molecule has 2 atom stereocenters. The number of aromatic nitrogens is 4. The van der Waals surface area contributed by atoms with Crippen LogP contribution in [0.1, 0.15) is 11.1 Å². The Labute approximate surface area is 248 Å². The first-order valence-electron chi connectivity index (χ1n) is 13.4. The van der Waals surface area contributed by atoms with Crippen LogP contribution in [-0.4, -0.2) is 73.5 Å². The second kappa shape index (κ2) is 13.3. The lowest BCUT2D eigenvalue weighted by Crippen LogP contribution is -2.47. The van der Waals surface area contributed by atoms with Gasteiger partial charge in [-0.3, -0.25) is 0 Å². The van der Waals surface area contributed by atoms with Gasteiger partial charge in [0.25, 0.3) is 0 Å². The molecule has 0 spiro atoms. The molecule has 2 aromatic carbocycles. The van der Waals surface area contributed by atoms with Gasteiger partial charge in [0.1, 0.15) is 17.3 Å². The van der Waals surface area contributed by atoms with Crippen molar-refractivity contribution in [1.82, 2.24) is 19.9 Å². The zero-order chi connectivity index (χ0) is 30.4. The van der Waals surface area contributed by atoms with Crippen molar-refractivity contribution in [1.29, 1.82) is 0 Å². The van der Waals surface area contributed by atoms with Gasteiger partial charge in [0, 0.05) is 43.5 Å². The smallest absolute Gasteiger partial charge is 0.416 e. The average Bonchev–Trinajstić information content (AvgIpc) is 3.01. The number of benzene rings is 2. The summed E-state index contributed by atoms with van der Waals surface area (Å²) < 4.78 is 52.3. The number of carboxylic acid groups (broad SMARTS) is 1. The number of pyridine rings is 1. The summed E-state index contributed by atoms with van der Waals surface area (Å²) >= 11 is -1.52. The Kier molecular flexibility index (Phi) is 9.26. The first kappa shape index (κ1) is 30.0. The monoisotopic (exact) mass is 611 g/mol. The highest BCUT2D eigenvalue weighted by Gasteiger charge is 2.31. The molecule has 2 aromatic heterocycles. The summed E-state index contributed by atoms with van der Waals surface area (Å²) in [7, 11) is 0. The van der Waals surface area contributed by atoms with Crippen molar-refractivity contribution in [2.75, 3.05) is 47.0 Å². The SMILES string of the molecule is O=C(O)[C@H](C[S+]([O-])Cc1ccccc1)Nc1nc(-c2ccc(C(F)(F)F)cc2)nc(N2CCN(c3ccccn3)CC2)n1. The molecule has 4 aromatic rings. The molecule has 5 rings (SSSR count). The molecule has 1 fully saturated rings. The highest BCUT2D eigenvalue weighted by atomic mass is 32.2. The van der Waals surface area contributed by atoms with E-state index in [-0.39, 0.29) is 29.2 Å². The van der Waals surface area contributed by atoms with Gasteiger partial charge in [0.2, 0.25) is 11.9 Å². The topological polar surface area (TPSA) is 130 Å². The van der Waals surface area contributed by atoms with E-state index in [4.69, 9.17) is 0 Å². The van der Waals surface area contributed by atoms with Gasteiger partial charge < -0.3 is 24.8 Å². The Bertz CT molecular complexity index is 1510. The van der Waals surface area contributed by atoms with E-state index in [0.717, 1.165) is 23.5 Å². The zero-order valence-corrected chi connectivity index (χ0v) is 23.6. The maximum atomic E-state index is 13.2. The summed E-state index contributed by atoms with van der Waals surface area (Å²) in [4.78, 5) is 33.9. The van der Waals surface area contributed by atoms with Crippen LogP contribution in [0.15, 0.2) is 79.0 Å². The number of piperazine rings is 1. The molecule has 224 valence electrons. The minimum atomic E-state index is -4.51. The summed E-state index contributed by atoms with van der Waals surface area (Å²) in [6.45, 7) is 2.24. The molecule has 0 bridgehead atoms. The molecule has 1 saturated heterocycles. The van der Waals surface area contributed by atoms with E-state index in [1.165, 1.54) is 12.1 Å². The molecule has 1 aliphatic rings. The molecule has 2 N–H and O–H groups in total. The molecular formula is C29H28F3N7O3S. The molecule has 3 heterocycles. The summed E-state index contributed by atoms with van der Waals surface area (Å²) in [5.74, 6) is -0.237. The predicted octanol–water partition coefficient (Wildman–Crippen LogP) is 4.09. The van der Waals surface area contributed by atoms with Crippen LogP contribution in [-0.2, 0) is 27.9 Å². The van der Waals surface area contributed by atoms with Crippen LogP contribution in [0.2, 0.25) is 0 Å². The first-order chi connectivity index (χ1) is 20.7. The van der Waals surface area contributed by atoms with Crippen LogP contribution in [0, 0.1) is 0 Å². The second-order valence-electron chi connectivity index (χ2n) is 9.79. The van der Waals surface area contributed by atoms with Gasteiger partial charge in [0.05, 0.1) is 5.56 Å². The van der Waals surface area contributed by atoms with Crippen molar-refractivity contribution in [3.8, 4) is 11.4 Å². The van der Waals surface area contributed by atoms with Crippen LogP contribution in [0.5, 0.6) is 0 Å². The number of rotatable bonds is 10. The number of aliphatic carboxylic acids is 1. The number of alkyl halides is 3. The van der Waals surface area contributed by atoms with Gasteiger partial charge >= 0.3 is 12.1 Å². The molecule has 0 radical (unpaired) electrons. The lowest BCUT2D eigenvalue weighted by molar-refractivity contribution is -0.138. The van der Waals surface area contributed by atoms with Gasteiger partial charge in [-0.25, -0.2) is 9.78 Å². The van der Waals surface area contributed by atoms with E-state index in [9.17, 15) is 27.6 Å². The number of hydrogen-bond acceptors (Lipinski definition) is 9. The van der Waals surface area contributed by atoms with Gasteiger partial charge in [-0.05, 0) is 35.4 Å². The molecule has 0 amide bonds. The van der Waals surface area contributed by atoms with Gasteiger partial charge in [-0.15, -0.1) is 0 Å². The average molecular weight is 612 g/mol. The fraction of sp³-hybridized carbons (Fsp3) is 0.276. The lowest BCUT2D eigenvalue weighted by Gasteiger charge is -2.35. The number of carboxylic acids is 1. The van der Waals surface area contributed by atoms with Crippen molar-refractivity contribution in [3.63, 3.8) is 0 Å². The Morgan fingerprint density at radius 1 is 0.930 bits per heavy atom. The largest absolute Gasteiger partial charge is 0.616 e. The Hall–Kier alpha value is -4.43. The molecule has 1 aliphatic heterocycles. The maximum absolute atomic E-state index is 13.2. The zero-order valence-electron chi connectivity index (χ0n) is 22.8. The van der Waals surface area contributed by atoms with E-state index in [0.29, 0.717) is 31.7 Å². The Balaban J connectivity index is 1.39. The van der Waals surface area contributed by atoms with E-state index in [1.54, 1.807) is 6.20 Å². The maximum Gasteiger partial charge on any atom is 0.416 e. The van der Waals surface area contributed by atoms with Crippen molar-refractivity contribution in [2.24, 2.45) is 0 Å². The van der Waals surface area contributed by atoms with E-state index < -0.39 is 34.9 Å². The van der Waals surface area contributed by atoms with Gasteiger partial charge in [-0.1, -0.05) is 48.5 Å². The van der Waals surface area contributed by atoms with Gasteiger partial charge in [0.15, 0.2) is 11.9 Å².